The van der Waals surface area contributed by atoms with E-state index in [2.05, 4.69) is 48.3 Å². The summed E-state index contributed by atoms with van der Waals surface area (Å²) in [5, 5.41) is 2.95. The minimum absolute atomic E-state index is 0.0242. The Morgan fingerprint density at radius 3 is 2.23 bits per heavy atom. The maximum Gasteiger partial charge on any atom is 0.223 e. The maximum absolute atomic E-state index is 12.1. The molecular formula is C24H32N2O4. The van der Waals surface area contributed by atoms with Gasteiger partial charge in [0.05, 0.1) is 32.3 Å². The molecule has 6 heteroatoms. The average molecular weight is 413 g/mol. The number of ether oxygens (including phenoxy) is 3. The molecular weight excluding hydrogens is 380 g/mol. The summed E-state index contributed by atoms with van der Waals surface area (Å²) in [6.45, 7) is 7.95. The van der Waals surface area contributed by atoms with Crippen LogP contribution in [0.25, 0.3) is 0 Å². The molecule has 30 heavy (non-hydrogen) atoms. The highest BCUT2D eigenvalue weighted by atomic mass is 16.5. The van der Waals surface area contributed by atoms with Crippen molar-refractivity contribution in [3.05, 3.63) is 59.7 Å². The Hall–Kier alpha value is -2.57. The molecule has 2 aromatic rings. The van der Waals surface area contributed by atoms with E-state index in [-0.39, 0.29) is 18.1 Å². The summed E-state index contributed by atoms with van der Waals surface area (Å²) in [5.74, 6) is 1.48. The zero-order valence-corrected chi connectivity index (χ0v) is 18.1. The van der Waals surface area contributed by atoms with E-state index >= 15 is 0 Å². The summed E-state index contributed by atoms with van der Waals surface area (Å²) >= 11 is 0. The lowest BCUT2D eigenvalue weighted by Gasteiger charge is -2.35. The van der Waals surface area contributed by atoms with Crippen LogP contribution in [0.2, 0.25) is 0 Å². The highest BCUT2D eigenvalue weighted by molar-refractivity contribution is 5.76. The first-order chi connectivity index (χ1) is 14.5. The number of hydrogen-bond donors (Lipinski definition) is 1. The predicted molar refractivity (Wildman–Crippen MR) is 117 cm³/mol. The Morgan fingerprint density at radius 1 is 1.00 bits per heavy atom. The Kier molecular flexibility index (Phi) is 8.11. The van der Waals surface area contributed by atoms with Crippen molar-refractivity contribution in [1.29, 1.82) is 0 Å². The molecule has 2 unspecified atom stereocenters. The SMILES string of the molecule is COc1ccc(OCCC(=O)NCc2ccc(CN3CC(C)OC(C)C3)cc2)cc1. The third-order valence-electron chi connectivity index (χ3n) is 5.07. The van der Waals surface area contributed by atoms with Gasteiger partial charge in [-0.25, -0.2) is 0 Å². The number of hydrogen-bond acceptors (Lipinski definition) is 5. The van der Waals surface area contributed by atoms with Crippen molar-refractivity contribution in [3.63, 3.8) is 0 Å². The second-order valence-corrected chi connectivity index (χ2v) is 7.82. The third-order valence-corrected chi connectivity index (χ3v) is 5.07. The summed E-state index contributed by atoms with van der Waals surface area (Å²) < 4.78 is 16.5. The second-order valence-electron chi connectivity index (χ2n) is 7.82. The predicted octanol–water partition coefficient (Wildman–Crippen LogP) is 3.39. The molecule has 2 aromatic carbocycles. The number of amides is 1. The van der Waals surface area contributed by atoms with Gasteiger partial charge < -0.3 is 19.5 Å². The molecule has 1 saturated heterocycles. The van der Waals surface area contributed by atoms with E-state index in [1.54, 1.807) is 7.11 Å². The van der Waals surface area contributed by atoms with E-state index < -0.39 is 0 Å². The lowest BCUT2D eigenvalue weighted by molar-refractivity contribution is -0.121. The van der Waals surface area contributed by atoms with E-state index in [1.165, 1.54) is 5.56 Å². The quantitative estimate of drug-likeness (QED) is 0.684. The zero-order valence-electron chi connectivity index (χ0n) is 18.1. The normalized spacial score (nSPS) is 19.3. The summed E-state index contributed by atoms with van der Waals surface area (Å²) in [5.41, 5.74) is 2.37. The van der Waals surface area contributed by atoms with Crippen LogP contribution in [-0.2, 0) is 22.6 Å². The Balaban J connectivity index is 1.36. The number of nitrogens with zero attached hydrogens (tertiary/aromatic N) is 1. The van der Waals surface area contributed by atoms with Crippen LogP contribution in [0, 0.1) is 0 Å². The fourth-order valence-electron chi connectivity index (χ4n) is 3.66. The molecule has 1 heterocycles. The average Bonchev–Trinajstić information content (AvgIpc) is 2.73. The number of benzene rings is 2. The zero-order chi connectivity index (χ0) is 21.3. The number of nitrogens with one attached hydrogen (secondary N) is 1. The van der Waals surface area contributed by atoms with Crippen molar-refractivity contribution in [1.82, 2.24) is 10.2 Å². The van der Waals surface area contributed by atoms with Gasteiger partial charge in [-0.05, 0) is 49.2 Å². The van der Waals surface area contributed by atoms with Gasteiger partial charge in [-0.1, -0.05) is 24.3 Å². The minimum Gasteiger partial charge on any atom is -0.497 e. The van der Waals surface area contributed by atoms with Gasteiger partial charge >= 0.3 is 0 Å². The molecule has 162 valence electrons. The molecule has 1 N–H and O–H groups in total. The van der Waals surface area contributed by atoms with E-state index in [4.69, 9.17) is 14.2 Å². The summed E-state index contributed by atoms with van der Waals surface area (Å²) in [6.07, 6.45) is 0.867. The fourth-order valence-corrected chi connectivity index (χ4v) is 3.66. The third kappa shape index (κ3) is 7.04. The molecule has 0 aromatic heterocycles. The highest BCUT2D eigenvalue weighted by Gasteiger charge is 2.21. The molecule has 1 amide bonds. The van der Waals surface area contributed by atoms with Crippen LogP contribution in [0.15, 0.2) is 48.5 Å². The Bertz CT molecular complexity index is 782. The van der Waals surface area contributed by atoms with Crippen LogP contribution in [0.4, 0.5) is 0 Å². The van der Waals surface area contributed by atoms with E-state index in [0.29, 0.717) is 19.6 Å². The molecule has 0 aliphatic carbocycles. The van der Waals surface area contributed by atoms with Gasteiger partial charge in [0.2, 0.25) is 5.91 Å². The lowest BCUT2D eigenvalue weighted by Crippen LogP contribution is -2.44. The summed E-state index contributed by atoms with van der Waals surface area (Å²) in [7, 11) is 1.62. The first kappa shape index (κ1) is 22.1. The summed E-state index contributed by atoms with van der Waals surface area (Å²) in [4.78, 5) is 14.5. The van der Waals surface area contributed by atoms with Gasteiger partial charge in [0, 0.05) is 26.2 Å². The standard InChI is InChI=1S/C24H32N2O4/c1-18-15-26(16-19(2)30-18)17-21-6-4-20(5-7-21)14-25-24(27)12-13-29-23-10-8-22(28-3)9-11-23/h4-11,18-19H,12-17H2,1-3H3,(H,25,27). The summed E-state index contributed by atoms with van der Waals surface area (Å²) in [6, 6.07) is 15.8. The number of carbonyl (C=O) groups excluding carboxylic acids is 1. The fraction of sp³-hybridized carbons (Fsp3) is 0.458. The number of morpholine rings is 1. The lowest BCUT2D eigenvalue weighted by atomic mass is 10.1. The van der Waals surface area contributed by atoms with Crippen molar-refractivity contribution >= 4 is 5.91 Å². The monoisotopic (exact) mass is 412 g/mol. The molecule has 0 radical (unpaired) electrons. The molecule has 6 nitrogen and oxygen atoms in total. The molecule has 0 saturated carbocycles. The number of methoxy groups -OCH3 is 1. The Morgan fingerprint density at radius 2 is 1.60 bits per heavy atom. The molecule has 0 bridgehead atoms. The molecule has 3 rings (SSSR count). The van der Waals surface area contributed by atoms with E-state index in [9.17, 15) is 4.79 Å². The molecule has 1 fully saturated rings. The van der Waals surface area contributed by atoms with Crippen LogP contribution in [0.3, 0.4) is 0 Å². The smallest absolute Gasteiger partial charge is 0.223 e. The van der Waals surface area contributed by atoms with E-state index in [1.807, 2.05) is 24.3 Å². The van der Waals surface area contributed by atoms with Crippen molar-refractivity contribution in [2.75, 3.05) is 26.8 Å². The van der Waals surface area contributed by atoms with Crippen LogP contribution in [-0.4, -0.2) is 49.8 Å². The number of rotatable bonds is 9. The second kappa shape index (κ2) is 11.0. The van der Waals surface area contributed by atoms with Crippen LogP contribution in [0.5, 0.6) is 11.5 Å². The van der Waals surface area contributed by atoms with Crippen LogP contribution in [0.1, 0.15) is 31.4 Å². The van der Waals surface area contributed by atoms with Crippen molar-refractivity contribution in [3.8, 4) is 11.5 Å². The minimum atomic E-state index is -0.0242. The molecule has 0 spiro atoms. The van der Waals surface area contributed by atoms with E-state index in [0.717, 1.165) is 36.7 Å². The van der Waals surface area contributed by atoms with Gasteiger partial charge in [-0.3, -0.25) is 9.69 Å². The van der Waals surface area contributed by atoms with Crippen molar-refractivity contribution in [2.45, 2.75) is 45.6 Å². The van der Waals surface area contributed by atoms with Crippen LogP contribution < -0.4 is 14.8 Å². The maximum atomic E-state index is 12.1. The topological polar surface area (TPSA) is 60.0 Å². The van der Waals surface area contributed by atoms with Gasteiger partial charge in [0.25, 0.3) is 0 Å². The molecule has 2 atom stereocenters. The largest absolute Gasteiger partial charge is 0.497 e. The van der Waals surface area contributed by atoms with Gasteiger partial charge in [-0.2, -0.15) is 0 Å². The van der Waals surface area contributed by atoms with Gasteiger partial charge in [-0.15, -0.1) is 0 Å². The highest BCUT2D eigenvalue weighted by Crippen LogP contribution is 2.17. The van der Waals surface area contributed by atoms with Gasteiger partial charge in [0.15, 0.2) is 0 Å². The Labute approximate surface area is 179 Å². The van der Waals surface area contributed by atoms with Crippen molar-refractivity contribution < 1.29 is 19.0 Å². The molecule has 1 aliphatic heterocycles. The van der Waals surface area contributed by atoms with Gasteiger partial charge in [0.1, 0.15) is 11.5 Å². The van der Waals surface area contributed by atoms with Crippen molar-refractivity contribution in [2.24, 2.45) is 0 Å². The molecule has 1 aliphatic rings. The number of carbonyl (C=O) groups is 1. The van der Waals surface area contributed by atoms with Crippen LogP contribution >= 0.6 is 0 Å². The first-order valence-corrected chi connectivity index (χ1v) is 10.5. The first-order valence-electron chi connectivity index (χ1n) is 10.5.